The van der Waals surface area contributed by atoms with Crippen LogP contribution in [0.15, 0.2) is 67.3 Å². The number of aliphatic hydroxyl groups is 1. The molecule has 0 aliphatic carbocycles. The Labute approximate surface area is 234 Å². The number of carbonyl (C=O) groups excluding carboxylic acids is 2. The highest BCUT2D eigenvalue weighted by molar-refractivity contribution is 6.46. The van der Waals surface area contributed by atoms with Gasteiger partial charge in [-0.1, -0.05) is 31.4 Å². The lowest BCUT2D eigenvalue weighted by Gasteiger charge is -2.31. The number of benzene rings is 2. The van der Waals surface area contributed by atoms with Crippen molar-refractivity contribution in [3.8, 4) is 17.2 Å². The fourth-order valence-electron chi connectivity index (χ4n) is 4.92. The average molecular weight is 549 g/mol. The van der Waals surface area contributed by atoms with Crippen molar-refractivity contribution in [3.63, 3.8) is 0 Å². The zero-order chi connectivity index (χ0) is 28.6. The lowest BCUT2D eigenvalue weighted by molar-refractivity contribution is -0.140. The molecule has 0 spiro atoms. The van der Waals surface area contributed by atoms with Crippen LogP contribution in [0.5, 0.6) is 17.2 Å². The van der Waals surface area contributed by atoms with E-state index in [4.69, 9.17) is 18.9 Å². The van der Waals surface area contributed by atoms with Crippen LogP contribution in [-0.2, 0) is 14.3 Å². The fraction of sp³-hybridized carbons (Fsp3) is 0.355. The summed E-state index contributed by atoms with van der Waals surface area (Å²) in [4.78, 5) is 30.6. The van der Waals surface area contributed by atoms with Gasteiger partial charge in [0.2, 0.25) is 0 Å². The zero-order valence-corrected chi connectivity index (χ0v) is 23.1. The number of hydrogen-bond acceptors (Lipinski definition) is 8. The number of morpholine rings is 1. The molecular formula is C31H36N2O7. The molecule has 40 heavy (non-hydrogen) atoms. The number of aryl methyl sites for hydroxylation is 1. The third-order valence-electron chi connectivity index (χ3n) is 6.97. The molecule has 1 N–H and O–H groups in total. The topological polar surface area (TPSA) is 97.8 Å². The average Bonchev–Trinajstić information content (AvgIpc) is 3.23. The molecule has 2 saturated heterocycles. The van der Waals surface area contributed by atoms with Crippen molar-refractivity contribution in [2.45, 2.75) is 13.0 Å². The molecule has 9 nitrogen and oxygen atoms in total. The summed E-state index contributed by atoms with van der Waals surface area (Å²) in [6, 6.07) is 9.57. The van der Waals surface area contributed by atoms with Gasteiger partial charge in [-0.15, -0.1) is 0 Å². The number of aliphatic hydroxyl groups excluding tert-OH is 1. The summed E-state index contributed by atoms with van der Waals surface area (Å²) >= 11 is 0. The van der Waals surface area contributed by atoms with Crippen LogP contribution in [0.3, 0.4) is 0 Å². The van der Waals surface area contributed by atoms with Gasteiger partial charge in [-0.05, 0) is 48.4 Å². The third-order valence-corrected chi connectivity index (χ3v) is 6.97. The van der Waals surface area contributed by atoms with Gasteiger partial charge in [-0.2, -0.15) is 0 Å². The standard InChI is InChI=1S/C31H36N2O7/c1-5-15-39-24-9-8-23(19-21(24)3)29(34)27-28(22-7-10-25(40-16-6-2)26(20-22)37-4)33(31(36)30(27)35)12-11-32-13-17-38-18-14-32/h5-10,19-20,28,34H,1-2,11-18H2,3-4H3/b29-27+. The zero-order valence-electron chi connectivity index (χ0n) is 23.1. The highest BCUT2D eigenvalue weighted by atomic mass is 16.5. The van der Waals surface area contributed by atoms with Crippen LogP contribution in [-0.4, -0.2) is 86.3 Å². The van der Waals surface area contributed by atoms with E-state index in [0.29, 0.717) is 67.9 Å². The van der Waals surface area contributed by atoms with E-state index in [1.54, 1.807) is 48.6 Å². The summed E-state index contributed by atoms with van der Waals surface area (Å²) in [5, 5.41) is 11.5. The van der Waals surface area contributed by atoms with Crippen LogP contribution >= 0.6 is 0 Å². The Balaban J connectivity index is 1.76. The number of carbonyl (C=O) groups is 2. The van der Waals surface area contributed by atoms with Crippen molar-refractivity contribution in [2.75, 3.05) is 59.7 Å². The predicted octanol–water partition coefficient (Wildman–Crippen LogP) is 3.89. The molecule has 212 valence electrons. The SMILES string of the molecule is C=CCOc1ccc(/C(O)=C2\C(=O)C(=O)N(CCN3CCOCC3)C2c2ccc(OCC=C)c(OC)c2)cc1C. The lowest BCUT2D eigenvalue weighted by atomic mass is 9.94. The monoisotopic (exact) mass is 548 g/mol. The summed E-state index contributed by atoms with van der Waals surface area (Å²) in [7, 11) is 1.52. The largest absolute Gasteiger partial charge is 0.507 e. The maximum Gasteiger partial charge on any atom is 0.295 e. The van der Waals surface area contributed by atoms with E-state index in [1.165, 1.54) is 12.0 Å². The Morgan fingerprint density at radius 1 is 1.00 bits per heavy atom. The van der Waals surface area contributed by atoms with Gasteiger partial charge in [0.25, 0.3) is 11.7 Å². The molecule has 0 radical (unpaired) electrons. The Kier molecular flexibility index (Phi) is 9.63. The van der Waals surface area contributed by atoms with Gasteiger partial charge in [0, 0.05) is 31.7 Å². The number of methoxy groups -OCH3 is 1. The molecule has 2 aliphatic heterocycles. The van der Waals surface area contributed by atoms with E-state index in [9.17, 15) is 14.7 Å². The van der Waals surface area contributed by atoms with Crippen molar-refractivity contribution < 1.29 is 33.6 Å². The number of ketones is 1. The van der Waals surface area contributed by atoms with E-state index in [-0.39, 0.29) is 11.3 Å². The molecule has 2 aliphatic rings. The smallest absolute Gasteiger partial charge is 0.295 e. The fourth-order valence-corrected chi connectivity index (χ4v) is 4.92. The highest BCUT2D eigenvalue weighted by Gasteiger charge is 2.46. The molecule has 4 rings (SSSR count). The molecule has 2 aromatic carbocycles. The first-order valence-electron chi connectivity index (χ1n) is 13.2. The van der Waals surface area contributed by atoms with E-state index in [0.717, 1.165) is 18.7 Å². The van der Waals surface area contributed by atoms with Crippen molar-refractivity contribution in [2.24, 2.45) is 0 Å². The van der Waals surface area contributed by atoms with Gasteiger partial charge >= 0.3 is 0 Å². The highest BCUT2D eigenvalue weighted by Crippen LogP contribution is 2.42. The summed E-state index contributed by atoms with van der Waals surface area (Å²) < 4.78 is 22.4. The molecular weight excluding hydrogens is 512 g/mol. The van der Waals surface area contributed by atoms with Crippen LogP contribution in [0.25, 0.3) is 5.76 Å². The summed E-state index contributed by atoms with van der Waals surface area (Å²) in [5.74, 6) is -0.0614. The predicted molar refractivity (Wildman–Crippen MR) is 152 cm³/mol. The number of Topliss-reactive ketones (excluding diaryl/α,β-unsaturated/α-hetero) is 1. The molecule has 2 fully saturated rings. The normalized spacial score (nSPS) is 18.9. The second-order valence-corrected chi connectivity index (χ2v) is 9.54. The van der Waals surface area contributed by atoms with Crippen molar-refractivity contribution in [3.05, 3.63) is 84.0 Å². The van der Waals surface area contributed by atoms with Crippen LogP contribution in [0, 0.1) is 6.92 Å². The molecule has 1 amide bonds. The van der Waals surface area contributed by atoms with Gasteiger partial charge < -0.3 is 29.0 Å². The summed E-state index contributed by atoms with van der Waals surface area (Å²) in [6.45, 7) is 13.4. The van der Waals surface area contributed by atoms with Gasteiger partial charge in [-0.3, -0.25) is 14.5 Å². The van der Waals surface area contributed by atoms with Crippen LogP contribution in [0.4, 0.5) is 0 Å². The number of ether oxygens (including phenoxy) is 4. The first-order chi connectivity index (χ1) is 19.4. The van der Waals surface area contributed by atoms with Gasteiger partial charge in [0.05, 0.1) is 31.9 Å². The minimum atomic E-state index is -0.819. The molecule has 2 aromatic rings. The van der Waals surface area contributed by atoms with Crippen LogP contribution in [0.1, 0.15) is 22.7 Å². The van der Waals surface area contributed by atoms with Crippen molar-refractivity contribution in [1.29, 1.82) is 0 Å². The Morgan fingerprint density at radius 3 is 2.33 bits per heavy atom. The Bertz CT molecular complexity index is 1300. The Morgan fingerprint density at radius 2 is 1.68 bits per heavy atom. The van der Waals surface area contributed by atoms with E-state index < -0.39 is 17.7 Å². The molecule has 0 bridgehead atoms. The molecule has 9 heteroatoms. The number of likely N-dealkylation sites (tertiary alicyclic amines) is 1. The minimum Gasteiger partial charge on any atom is -0.507 e. The van der Waals surface area contributed by atoms with Crippen molar-refractivity contribution in [1.82, 2.24) is 9.80 Å². The van der Waals surface area contributed by atoms with Crippen molar-refractivity contribution >= 4 is 17.4 Å². The van der Waals surface area contributed by atoms with Crippen LogP contribution < -0.4 is 14.2 Å². The molecule has 0 aromatic heterocycles. The minimum absolute atomic E-state index is 0.0213. The number of rotatable bonds is 12. The van der Waals surface area contributed by atoms with Gasteiger partial charge in [0.1, 0.15) is 24.7 Å². The lowest BCUT2D eigenvalue weighted by Crippen LogP contribution is -2.42. The maximum atomic E-state index is 13.5. The molecule has 1 unspecified atom stereocenters. The first-order valence-corrected chi connectivity index (χ1v) is 13.2. The number of nitrogens with zero attached hydrogens (tertiary/aromatic N) is 2. The third kappa shape index (κ3) is 6.21. The molecule has 2 heterocycles. The molecule has 1 atom stereocenters. The second-order valence-electron chi connectivity index (χ2n) is 9.54. The second kappa shape index (κ2) is 13.3. The number of hydrogen-bond donors (Lipinski definition) is 1. The summed E-state index contributed by atoms with van der Waals surface area (Å²) in [5.41, 5.74) is 1.83. The molecule has 0 saturated carbocycles. The van der Waals surface area contributed by atoms with Gasteiger partial charge in [0.15, 0.2) is 11.5 Å². The van der Waals surface area contributed by atoms with E-state index >= 15 is 0 Å². The first kappa shape index (κ1) is 28.9. The number of amides is 1. The summed E-state index contributed by atoms with van der Waals surface area (Å²) in [6.07, 6.45) is 3.28. The maximum absolute atomic E-state index is 13.5. The van der Waals surface area contributed by atoms with E-state index in [1.807, 2.05) is 6.92 Å². The quantitative estimate of drug-likeness (QED) is 0.185. The van der Waals surface area contributed by atoms with Crippen LogP contribution in [0.2, 0.25) is 0 Å². The van der Waals surface area contributed by atoms with E-state index in [2.05, 4.69) is 18.1 Å². The van der Waals surface area contributed by atoms with Gasteiger partial charge in [-0.25, -0.2) is 0 Å². The Hall–Kier alpha value is -4.08.